The van der Waals surface area contributed by atoms with Gasteiger partial charge in [0.2, 0.25) is 0 Å². The van der Waals surface area contributed by atoms with Gasteiger partial charge in [0.1, 0.15) is 10.1 Å². The first-order valence-electron chi connectivity index (χ1n) is 36.4. The average molecular weight is 1850 g/mol. The van der Waals surface area contributed by atoms with Gasteiger partial charge in [-0.1, -0.05) is 188 Å². The first-order chi connectivity index (χ1) is 57.1. The van der Waals surface area contributed by atoms with Crippen molar-refractivity contribution in [3.63, 3.8) is 0 Å². The molecular weight excluding hydrogens is 1780 g/mol. The molecule has 0 N–H and O–H groups in total. The minimum atomic E-state index is -4.53. The van der Waals surface area contributed by atoms with Crippen LogP contribution >= 0.6 is 69.6 Å². The molecule has 3 nitrogen and oxygen atoms in total. The Kier molecular flexibility index (Phi) is 35.6. The molecule has 0 saturated heterocycles. The molecule has 2 atom stereocenters. The average Bonchev–Trinajstić information content (AvgIpc) is 0.800. The van der Waals surface area contributed by atoms with Gasteiger partial charge in [-0.15, -0.1) is 0 Å². The lowest BCUT2D eigenvalue weighted by Crippen LogP contribution is -2.11. The van der Waals surface area contributed by atoms with Crippen LogP contribution in [-0.2, 0) is 66.1 Å². The number of alkyl halides is 6. The normalized spacial score (nSPS) is 11.8. The fourth-order valence-corrected chi connectivity index (χ4v) is 21.4. The van der Waals surface area contributed by atoms with E-state index in [1.807, 2.05) is 91.0 Å². The van der Waals surface area contributed by atoms with Crippen LogP contribution in [0, 0.1) is 34.9 Å². The summed E-state index contributed by atoms with van der Waals surface area (Å²) in [5.74, 6) is -5.56. The number of hydrogen-bond acceptors (Lipinski definition) is 3. The van der Waals surface area contributed by atoms with Crippen molar-refractivity contribution in [1.82, 2.24) is 0 Å². The van der Waals surface area contributed by atoms with E-state index in [0.717, 1.165) is 117 Å². The van der Waals surface area contributed by atoms with Gasteiger partial charge in [0.05, 0.1) is 59.6 Å². The molecule has 0 saturated carbocycles. The highest BCUT2D eigenvalue weighted by Gasteiger charge is 2.39. The van der Waals surface area contributed by atoms with Crippen molar-refractivity contribution in [3.05, 3.63) is 421 Å². The lowest BCUT2D eigenvalue weighted by Gasteiger charge is -2.12. The molecule has 620 valence electrons. The standard InChI is InChI=1S/C20H13F6S.2C18H12Cl3S.C18H9F6S.C10H14O3S.C10H14/c21-19(22,23)14-6-4-10-17(12-14)27(16-8-2-1-3-9-16)18-11-5-7-15(13-18)20(24,25)26;19-13-1-7-16(8-2-13)22(17-9-3-14(20)4-10-17)18-11-5-15(21)6-12-18;19-13-4-1-7-16(10-13)22(17-8-2-5-14(20)11-17)18-9-3-6-15(21)12-18;19-13-4-1-10(7-16(13)22)25(11-2-5-14(20)17(23)8-11)12-3-6-15(21)18(24)9-12;1-3-8(2)9-4-6-10(7-5-9)14(11,12)13;1-3-9(2)10-7-5-4-6-8-10/h1-13H;2*1-12H;1-9H;4-8H,3H2,1-2H3,(H,11,12,13);4-9H,3H2,1-2H3/q4*+1;;/p-1. The van der Waals surface area contributed by atoms with Gasteiger partial charge in [-0.2, -0.15) is 26.3 Å². The zero-order valence-corrected chi connectivity index (χ0v) is 72.5. The van der Waals surface area contributed by atoms with E-state index in [2.05, 4.69) is 113 Å². The van der Waals surface area contributed by atoms with Gasteiger partial charge in [-0.05, 0) is 230 Å². The molecule has 120 heavy (non-hydrogen) atoms. The lowest BCUT2D eigenvalue weighted by molar-refractivity contribution is -0.138. The summed E-state index contributed by atoms with van der Waals surface area (Å²) in [4.78, 5) is 8.71. The highest BCUT2D eigenvalue weighted by atomic mass is 35.5. The minimum Gasteiger partial charge on any atom is -0.744 e. The van der Waals surface area contributed by atoms with Gasteiger partial charge in [0.25, 0.3) is 0 Å². The van der Waals surface area contributed by atoms with Gasteiger partial charge >= 0.3 is 12.4 Å². The Hall–Kier alpha value is -8.71. The van der Waals surface area contributed by atoms with E-state index in [-0.39, 0.29) is 41.4 Å². The topological polar surface area (TPSA) is 57.2 Å². The molecule has 0 fully saturated rings. The Morgan fingerprint density at radius 3 is 0.800 bits per heavy atom. The van der Waals surface area contributed by atoms with Crippen LogP contribution < -0.4 is 0 Å². The van der Waals surface area contributed by atoms with Crippen LogP contribution in [0.25, 0.3) is 0 Å². The van der Waals surface area contributed by atoms with Crippen LogP contribution in [0.2, 0.25) is 30.1 Å². The van der Waals surface area contributed by atoms with E-state index in [4.69, 9.17) is 69.6 Å². The summed E-state index contributed by atoms with van der Waals surface area (Å²) in [7, 11) is -7.21. The molecule has 14 aromatic carbocycles. The van der Waals surface area contributed by atoms with Crippen LogP contribution in [0.5, 0.6) is 0 Å². The summed E-state index contributed by atoms with van der Waals surface area (Å²) in [6.07, 6.45) is -6.85. The number of hydrogen-bond donors (Lipinski definition) is 0. The summed E-state index contributed by atoms with van der Waals surface area (Å²) in [6, 6.07) is 91.5. The zero-order chi connectivity index (χ0) is 87.0. The SMILES string of the molecule is CCC(C)c1ccc(S(=O)(=O)[O-])cc1.CCC(C)c1ccccc1.Clc1ccc([S+](c2ccc(Cl)cc2)c2ccc(Cl)cc2)cc1.Clc1cccc([S+](c2cccc(Cl)c2)c2cccc(Cl)c2)c1.FC(F)(F)c1cccc([S+](c2ccccc2)c2cccc(C(F)(F)F)c2)c1.Fc1ccc([S+](c2ccc(F)c(F)c2)c2ccc(F)c(F)c2)cc1F. The number of halogens is 18. The Labute approximate surface area is 732 Å². The molecule has 26 heteroatoms. The lowest BCUT2D eigenvalue weighted by atomic mass is 9.99. The summed E-state index contributed by atoms with van der Waals surface area (Å²) in [6.45, 7) is 8.59. The van der Waals surface area contributed by atoms with Crippen molar-refractivity contribution >= 4 is 123 Å². The first-order valence-corrected chi connectivity index (χ1v) is 45.0. The fourth-order valence-electron chi connectivity index (χ4n) is 11.3. The molecule has 0 heterocycles. The van der Waals surface area contributed by atoms with Crippen molar-refractivity contribution in [2.24, 2.45) is 0 Å². The van der Waals surface area contributed by atoms with E-state index in [0.29, 0.717) is 26.5 Å². The molecule has 2 unspecified atom stereocenters. The van der Waals surface area contributed by atoms with Crippen LogP contribution in [0.3, 0.4) is 0 Å². The summed E-state index contributed by atoms with van der Waals surface area (Å²) in [5.41, 5.74) is 0.839. The molecule has 0 aliphatic carbocycles. The molecule has 0 amide bonds. The predicted molar refractivity (Wildman–Crippen MR) is 464 cm³/mol. The monoisotopic (exact) mass is 1850 g/mol. The van der Waals surface area contributed by atoms with E-state index < -0.39 is 90.3 Å². The zero-order valence-electron chi connectivity index (χ0n) is 63.9. The Balaban J connectivity index is 0.000000168. The van der Waals surface area contributed by atoms with E-state index in [9.17, 15) is 65.7 Å². The molecule has 0 radical (unpaired) electrons. The third kappa shape index (κ3) is 27.9. The quantitative estimate of drug-likeness (QED) is 0.0519. The van der Waals surface area contributed by atoms with Crippen LogP contribution in [0.15, 0.2) is 397 Å². The second-order valence-electron chi connectivity index (χ2n) is 26.1. The van der Waals surface area contributed by atoms with Gasteiger partial charge in [0.15, 0.2) is 93.6 Å². The highest BCUT2D eigenvalue weighted by Crippen LogP contribution is 2.41. The largest absolute Gasteiger partial charge is 0.744 e. The highest BCUT2D eigenvalue weighted by molar-refractivity contribution is 7.98. The summed E-state index contributed by atoms with van der Waals surface area (Å²) >= 11 is 36.6. The van der Waals surface area contributed by atoms with Gasteiger partial charge in [-0.25, -0.2) is 34.8 Å². The summed E-state index contributed by atoms with van der Waals surface area (Å²) in [5, 5.41) is 4.37. The van der Waals surface area contributed by atoms with Crippen molar-refractivity contribution in [2.75, 3.05) is 0 Å². The molecule has 0 bridgehead atoms. The molecular formula is C94H73Cl6F12O3S5+3. The second kappa shape index (κ2) is 44.9. The van der Waals surface area contributed by atoms with Gasteiger partial charge in [-0.3, -0.25) is 0 Å². The predicted octanol–water partition coefficient (Wildman–Crippen LogP) is 31.2. The minimum absolute atomic E-state index is 0.162. The van der Waals surface area contributed by atoms with Crippen LogP contribution in [-0.4, -0.2) is 13.0 Å². The molecule has 0 aliphatic heterocycles. The maximum Gasteiger partial charge on any atom is 0.416 e. The fraction of sp³-hybridized carbons (Fsp3) is 0.106. The molecule has 14 rings (SSSR count). The van der Waals surface area contributed by atoms with Crippen molar-refractivity contribution in [1.29, 1.82) is 0 Å². The molecule has 0 spiro atoms. The molecule has 0 aliphatic rings. The molecule has 0 aromatic heterocycles. The van der Waals surface area contributed by atoms with Crippen LogP contribution in [0.1, 0.15) is 74.6 Å². The van der Waals surface area contributed by atoms with Crippen molar-refractivity contribution < 1.29 is 65.7 Å². The Morgan fingerprint density at radius 1 is 0.275 bits per heavy atom. The van der Waals surface area contributed by atoms with Crippen molar-refractivity contribution in [3.8, 4) is 0 Å². The van der Waals surface area contributed by atoms with Gasteiger partial charge < -0.3 is 4.55 Å². The van der Waals surface area contributed by atoms with E-state index in [1.54, 1.807) is 42.5 Å². The van der Waals surface area contributed by atoms with E-state index >= 15 is 0 Å². The summed E-state index contributed by atoms with van der Waals surface area (Å²) < 4.78 is 191. The Bertz CT molecular complexity index is 5380. The number of benzene rings is 14. The third-order valence-corrected chi connectivity index (χ3v) is 28.8. The smallest absolute Gasteiger partial charge is 0.416 e. The first kappa shape index (κ1) is 95.1. The van der Waals surface area contributed by atoms with Crippen LogP contribution in [0.4, 0.5) is 52.7 Å². The van der Waals surface area contributed by atoms with Crippen molar-refractivity contribution in [2.45, 2.75) is 128 Å². The second-order valence-corrected chi connectivity index (χ2v) is 38.2. The third-order valence-electron chi connectivity index (χ3n) is 17.7. The number of rotatable bonds is 17. The Morgan fingerprint density at radius 2 is 0.517 bits per heavy atom. The van der Waals surface area contributed by atoms with Gasteiger partial charge in [0, 0.05) is 78.7 Å². The maximum absolute atomic E-state index is 13.6. The molecule has 14 aromatic rings. The maximum atomic E-state index is 13.6. The van der Waals surface area contributed by atoms with E-state index in [1.165, 1.54) is 81.3 Å².